The second-order valence-electron chi connectivity index (χ2n) is 4.45. The molecule has 0 saturated carbocycles. The summed E-state index contributed by atoms with van der Waals surface area (Å²) in [6.45, 7) is 3.48. The third-order valence-corrected chi connectivity index (χ3v) is 3.32. The van der Waals surface area contributed by atoms with Crippen LogP contribution in [-0.2, 0) is 20.1 Å². The summed E-state index contributed by atoms with van der Waals surface area (Å²) in [5, 5.41) is 4.41. The van der Waals surface area contributed by atoms with Crippen LogP contribution >= 0.6 is 0 Å². The Hall–Kier alpha value is -1.61. The van der Waals surface area contributed by atoms with Crippen molar-refractivity contribution < 1.29 is 4.79 Å². The largest absolute Gasteiger partial charge is 0.350 e. The molecule has 0 spiro atoms. The molecule has 1 aliphatic rings. The molecular weight excluding hydrogens is 200 g/mol. The average molecular weight is 214 g/mol. The van der Waals surface area contributed by atoms with Gasteiger partial charge in [-0.1, -0.05) is 0 Å². The lowest BCUT2D eigenvalue weighted by molar-refractivity contribution is 0.101. The molecule has 3 nitrogen and oxygen atoms in total. The van der Waals surface area contributed by atoms with Crippen molar-refractivity contribution in [3.05, 3.63) is 35.0 Å². The van der Waals surface area contributed by atoms with Crippen LogP contribution < -0.4 is 5.32 Å². The van der Waals surface area contributed by atoms with Crippen LogP contribution in [0, 0.1) is 0 Å². The van der Waals surface area contributed by atoms with Gasteiger partial charge in [-0.15, -0.1) is 0 Å². The Bertz CT molecular complexity index is 595. The van der Waals surface area contributed by atoms with Crippen molar-refractivity contribution in [2.24, 2.45) is 7.05 Å². The quantitative estimate of drug-likeness (QED) is 0.736. The van der Waals surface area contributed by atoms with Crippen molar-refractivity contribution >= 4 is 16.7 Å². The molecule has 1 aliphatic heterocycles. The molecule has 2 heterocycles. The lowest BCUT2D eigenvalue weighted by atomic mass is 10.0. The smallest absolute Gasteiger partial charge is 0.161 e. The molecule has 0 radical (unpaired) electrons. The summed E-state index contributed by atoms with van der Waals surface area (Å²) in [5.74, 6) is 0.136. The number of Topliss-reactive ketones (excluding diaryl/α,β-unsaturated/α-hetero) is 1. The van der Waals surface area contributed by atoms with E-state index in [2.05, 4.69) is 17.4 Å². The van der Waals surface area contributed by atoms with Gasteiger partial charge in [0, 0.05) is 42.8 Å². The molecule has 0 fully saturated rings. The first-order valence-corrected chi connectivity index (χ1v) is 5.49. The molecule has 0 aliphatic carbocycles. The van der Waals surface area contributed by atoms with Gasteiger partial charge in [0.2, 0.25) is 0 Å². The molecule has 0 saturated heterocycles. The number of hydrogen-bond acceptors (Lipinski definition) is 2. The number of rotatable bonds is 1. The molecule has 3 rings (SSSR count). The molecule has 1 aromatic carbocycles. The van der Waals surface area contributed by atoms with Crippen molar-refractivity contribution in [2.75, 3.05) is 0 Å². The highest BCUT2D eigenvalue weighted by Gasteiger charge is 2.16. The van der Waals surface area contributed by atoms with E-state index in [9.17, 15) is 4.79 Å². The predicted octanol–water partition coefficient (Wildman–Crippen LogP) is 1.98. The maximum atomic E-state index is 11.5. The van der Waals surface area contributed by atoms with Gasteiger partial charge in [-0.3, -0.25) is 4.79 Å². The van der Waals surface area contributed by atoms with E-state index < -0.39 is 0 Å². The fraction of sp³-hybridized carbons (Fsp3) is 0.308. The van der Waals surface area contributed by atoms with Crippen molar-refractivity contribution in [1.82, 2.24) is 9.88 Å². The highest BCUT2D eigenvalue weighted by Crippen LogP contribution is 2.27. The van der Waals surface area contributed by atoms with Crippen LogP contribution in [-0.4, -0.2) is 10.4 Å². The Morgan fingerprint density at radius 2 is 2.00 bits per heavy atom. The van der Waals surface area contributed by atoms with Gasteiger partial charge in [0.1, 0.15) is 0 Å². The summed E-state index contributed by atoms with van der Waals surface area (Å²) in [7, 11) is 1.99. The first-order chi connectivity index (χ1) is 7.66. The van der Waals surface area contributed by atoms with Crippen LogP contribution in [0.1, 0.15) is 28.4 Å². The summed E-state index contributed by atoms with van der Waals surface area (Å²) < 4.78 is 2.03. The number of fused-ring (bicyclic) bond motifs is 2. The third kappa shape index (κ3) is 1.21. The Labute approximate surface area is 94.1 Å². The molecule has 0 unspecified atom stereocenters. The molecule has 16 heavy (non-hydrogen) atoms. The van der Waals surface area contributed by atoms with Gasteiger partial charge in [-0.2, -0.15) is 0 Å². The number of benzene rings is 1. The summed E-state index contributed by atoms with van der Waals surface area (Å²) in [6, 6.07) is 4.35. The zero-order valence-electron chi connectivity index (χ0n) is 9.50. The van der Waals surface area contributed by atoms with Crippen molar-refractivity contribution in [2.45, 2.75) is 20.0 Å². The summed E-state index contributed by atoms with van der Waals surface area (Å²) in [6.07, 6.45) is 1.93. The van der Waals surface area contributed by atoms with E-state index in [1.165, 1.54) is 11.1 Å². The number of nitrogens with one attached hydrogen (secondary N) is 1. The molecule has 82 valence electrons. The SMILES string of the molecule is CC(=O)c1cn(C)c2cc3c(cc12)CNC3. The number of carbonyl (C=O) groups is 1. The van der Waals surface area contributed by atoms with E-state index in [0.29, 0.717) is 0 Å². The van der Waals surface area contributed by atoms with Gasteiger partial charge in [0.25, 0.3) is 0 Å². The van der Waals surface area contributed by atoms with Crippen LogP contribution in [0.4, 0.5) is 0 Å². The van der Waals surface area contributed by atoms with Crippen molar-refractivity contribution in [1.29, 1.82) is 0 Å². The topological polar surface area (TPSA) is 34.0 Å². The minimum atomic E-state index is 0.136. The van der Waals surface area contributed by atoms with E-state index in [0.717, 1.165) is 29.6 Å². The first-order valence-electron chi connectivity index (χ1n) is 5.49. The maximum Gasteiger partial charge on any atom is 0.161 e. The van der Waals surface area contributed by atoms with Gasteiger partial charge >= 0.3 is 0 Å². The summed E-state index contributed by atoms with van der Waals surface area (Å²) in [4.78, 5) is 11.5. The lowest BCUT2D eigenvalue weighted by Gasteiger charge is -2.01. The molecule has 0 amide bonds. The number of aromatic nitrogens is 1. The molecule has 3 heteroatoms. The van der Waals surface area contributed by atoms with E-state index in [1.807, 2.05) is 17.8 Å². The molecule has 2 aromatic rings. The van der Waals surface area contributed by atoms with E-state index >= 15 is 0 Å². The highest BCUT2D eigenvalue weighted by atomic mass is 16.1. The molecule has 1 N–H and O–H groups in total. The van der Waals surface area contributed by atoms with Crippen LogP contribution in [0.25, 0.3) is 10.9 Å². The highest BCUT2D eigenvalue weighted by molar-refractivity contribution is 6.07. The number of carbonyl (C=O) groups excluding carboxylic acids is 1. The molecule has 1 aromatic heterocycles. The normalized spacial score (nSPS) is 14.4. The number of hydrogen-bond donors (Lipinski definition) is 1. The zero-order valence-corrected chi connectivity index (χ0v) is 9.50. The van der Waals surface area contributed by atoms with Crippen molar-refractivity contribution in [3.8, 4) is 0 Å². The predicted molar refractivity (Wildman–Crippen MR) is 63.5 cm³/mol. The van der Waals surface area contributed by atoms with Crippen LogP contribution in [0.3, 0.4) is 0 Å². The zero-order chi connectivity index (χ0) is 11.3. The summed E-state index contributed by atoms with van der Waals surface area (Å²) in [5.41, 5.74) is 4.64. The number of aryl methyl sites for hydroxylation is 1. The monoisotopic (exact) mass is 214 g/mol. The van der Waals surface area contributed by atoms with E-state index in [4.69, 9.17) is 0 Å². The standard InChI is InChI=1S/C13H14N2O/c1-8(16)12-7-15(2)13-4-10-6-14-5-9(10)3-11(12)13/h3-4,7,14H,5-6H2,1-2H3. The number of nitrogens with zero attached hydrogens (tertiary/aromatic N) is 1. The lowest BCUT2D eigenvalue weighted by Crippen LogP contribution is -1.99. The van der Waals surface area contributed by atoms with E-state index in [1.54, 1.807) is 6.92 Å². The van der Waals surface area contributed by atoms with Gasteiger partial charge in [-0.25, -0.2) is 0 Å². The Balaban J connectivity index is 2.36. The minimum absolute atomic E-state index is 0.136. The Morgan fingerprint density at radius 1 is 1.31 bits per heavy atom. The fourth-order valence-corrected chi connectivity index (χ4v) is 2.46. The van der Waals surface area contributed by atoms with E-state index in [-0.39, 0.29) is 5.78 Å². The second kappa shape index (κ2) is 3.19. The first kappa shape index (κ1) is 9.60. The molecular formula is C13H14N2O. The van der Waals surface area contributed by atoms with Crippen LogP contribution in [0.2, 0.25) is 0 Å². The average Bonchev–Trinajstić information content (AvgIpc) is 2.80. The Morgan fingerprint density at radius 3 is 2.69 bits per heavy atom. The second-order valence-corrected chi connectivity index (χ2v) is 4.45. The van der Waals surface area contributed by atoms with Crippen LogP contribution in [0.5, 0.6) is 0 Å². The van der Waals surface area contributed by atoms with Gasteiger partial charge < -0.3 is 9.88 Å². The minimum Gasteiger partial charge on any atom is -0.350 e. The Kier molecular flexibility index (Phi) is 1.91. The van der Waals surface area contributed by atoms with Crippen LogP contribution in [0.15, 0.2) is 18.3 Å². The van der Waals surface area contributed by atoms with Gasteiger partial charge in [-0.05, 0) is 30.2 Å². The summed E-state index contributed by atoms with van der Waals surface area (Å²) >= 11 is 0. The maximum absolute atomic E-state index is 11.5. The van der Waals surface area contributed by atoms with Crippen molar-refractivity contribution in [3.63, 3.8) is 0 Å². The number of ketones is 1. The molecule has 0 bridgehead atoms. The van der Waals surface area contributed by atoms with Gasteiger partial charge in [0.05, 0.1) is 0 Å². The molecule has 0 atom stereocenters. The third-order valence-electron chi connectivity index (χ3n) is 3.32. The fourth-order valence-electron chi connectivity index (χ4n) is 2.46. The van der Waals surface area contributed by atoms with Gasteiger partial charge in [0.15, 0.2) is 5.78 Å².